The average Bonchev–Trinajstić information content (AvgIpc) is 3.26. The normalized spacial score (nSPS) is 19.3. The highest BCUT2D eigenvalue weighted by atomic mass is 16.5. The number of methoxy groups -OCH3 is 1. The Morgan fingerprint density at radius 2 is 2.02 bits per heavy atom. The van der Waals surface area contributed by atoms with Gasteiger partial charge in [0.2, 0.25) is 5.91 Å². The molecule has 1 aromatic carbocycles. The number of hydrogen-bond donors (Lipinski definition) is 6. The molecule has 2 heterocycles. The van der Waals surface area contributed by atoms with Crippen molar-refractivity contribution in [1.29, 1.82) is 0 Å². The van der Waals surface area contributed by atoms with Gasteiger partial charge in [-0.25, -0.2) is 0 Å². The molecule has 12 nitrogen and oxygen atoms in total. The Morgan fingerprint density at radius 3 is 2.69 bits per heavy atom. The Hall–Kier alpha value is -3.93. The number of aromatic hydroxyl groups is 1. The largest absolute Gasteiger partial charge is 0.504 e. The molecule has 0 saturated carbocycles. The zero-order valence-electron chi connectivity index (χ0n) is 27.0. The summed E-state index contributed by atoms with van der Waals surface area (Å²) >= 11 is 0. The lowest BCUT2D eigenvalue weighted by molar-refractivity contribution is -0.148. The summed E-state index contributed by atoms with van der Waals surface area (Å²) in [7, 11) is 1.48. The minimum atomic E-state index is -0.549. The molecule has 1 fully saturated rings. The van der Waals surface area contributed by atoms with Crippen LogP contribution in [0.25, 0.3) is 0 Å². The number of carbonyl (C=O) groups is 2. The van der Waals surface area contributed by atoms with Crippen LogP contribution in [0.2, 0.25) is 0 Å². The van der Waals surface area contributed by atoms with Gasteiger partial charge in [0.25, 0.3) is 0 Å². The van der Waals surface area contributed by atoms with E-state index in [4.69, 9.17) is 26.7 Å². The number of aryl methyl sites for hydroxylation is 1. The summed E-state index contributed by atoms with van der Waals surface area (Å²) in [5, 5.41) is 24.7. The summed E-state index contributed by atoms with van der Waals surface area (Å²) in [6, 6.07) is 3.62. The molecule has 0 radical (unpaired) electrons. The number of rotatable bonds is 18. The first-order valence-corrected chi connectivity index (χ1v) is 15.9. The SMILES string of the molecule is CCCCCC(O)CC(CCc1cc(CN2CC(CCN=C(N)N)(CC3=CCNC(N)=C3)CC2=O)c(O)c(OC)c1)OC(C)=O. The Labute approximate surface area is 266 Å². The van der Waals surface area contributed by atoms with Gasteiger partial charge >= 0.3 is 5.97 Å². The number of amides is 1. The summed E-state index contributed by atoms with van der Waals surface area (Å²) in [5.74, 6) is 0.459. The van der Waals surface area contributed by atoms with Crippen molar-refractivity contribution in [3.05, 3.63) is 46.8 Å². The Bertz CT molecular complexity index is 1260. The number of ether oxygens (including phenoxy) is 2. The number of phenolic OH excluding ortho intramolecular Hbond substituents is 1. The molecule has 12 heteroatoms. The van der Waals surface area contributed by atoms with Crippen molar-refractivity contribution in [2.45, 2.75) is 96.8 Å². The number of nitrogens with two attached hydrogens (primary N) is 3. The zero-order valence-corrected chi connectivity index (χ0v) is 27.0. The number of benzene rings is 1. The highest BCUT2D eigenvalue weighted by Crippen LogP contribution is 2.43. The lowest BCUT2D eigenvalue weighted by atomic mass is 9.77. The van der Waals surface area contributed by atoms with E-state index in [0.717, 1.165) is 30.4 Å². The second kappa shape index (κ2) is 17.0. The second-order valence-electron chi connectivity index (χ2n) is 12.4. The number of nitrogens with one attached hydrogen (secondary N) is 1. The molecule has 2 aliphatic heterocycles. The number of likely N-dealkylation sites (tertiary alicyclic amines) is 1. The summed E-state index contributed by atoms with van der Waals surface area (Å²) in [4.78, 5) is 31.2. The van der Waals surface area contributed by atoms with E-state index in [9.17, 15) is 19.8 Å². The number of dihydropyridines is 1. The van der Waals surface area contributed by atoms with E-state index >= 15 is 0 Å². The Morgan fingerprint density at radius 1 is 1.24 bits per heavy atom. The average molecular weight is 629 g/mol. The predicted octanol–water partition coefficient (Wildman–Crippen LogP) is 2.70. The van der Waals surface area contributed by atoms with E-state index in [-0.39, 0.29) is 30.1 Å². The standard InChI is InChI=1S/C33H52N6O6/c1-4-5-6-7-26(41)17-27(45-22(2)40)9-8-23-14-25(31(43)28(15-23)44-3)20-39-21-33(19-30(39)42,11-13-38-32(35)36)18-24-10-12-37-29(34)16-24/h10,14-16,26-27,37,41,43H,4-9,11-13,17-21,34H2,1-3H3,(H4,35,36,38). The van der Waals surface area contributed by atoms with Gasteiger partial charge in [-0.2, -0.15) is 0 Å². The molecule has 3 unspecified atom stereocenters. The number of hydrogen-bond acceptors (Lipinski definition) is 9. The van der Waals surface area contributed by atoms with E-state index in [1.165, 1.54) is 14.0 Å². The van der Waals surface area contributed by atoms with Crippen molar-refractivity contribution in [2.24, 2.45) is 27.6 Å². The number of carbonyl (C=O) groups excluding carboxylic acids is 2. The van der Waals surface area contributed by atoms with Crippen molar-refractivity contribution in [3.8, 4) is 11.5 Å². The van der Waals surface area contributed by atoms with E-state index < -0.39 is 17.6 Å². The third-order valence-corrected chi connectivity index (χ3v) is 8.49. The number of nitrogens with zero attached hydrogens (tertiary/aromatic N) is 2. The number of guanidine groups is 1. The van der Waals surface area contributed by atoms with Gasteiger partial charge < -0.3 is 47.1 Å². The molecular formula is C33H52N6O6. The quantitative estimate of drug-likeness (QED) is 0.0608. The molecule has 0 bridgehead atoms. The third kappa shape index (κ3) is 11.2. The molecule has 45 heavy (non-hydrogen) atoms. The molecule has 1 amide bonds. The van der Waals surface area contributed by atoms with Crippen LogP contribution in [0.1, 0.15) is 82.8 Å². The van der Waals surface area contributed by atoms with Gasteiger partial charge in [-0.1, -0.05) is 38.3 Å². The highest BCUT2D eigenvalue weighted by molar-refractivity contribution is 5.80. The topological polar surface area (TPSA) is 199 Å². The maximum Gasteiger partial charge on any atom is 0.302 e. The lowest BCUT2D eigenvalue weighted by Crippen LogP contribution is -2.31. The third-order valence-electron chi connectivity index (χ3n) is 8.49. The van der Waals surface area contributed by atoms with Crippen LogP contribution in [0.4, 0.5) is 0 Å². The predicted molar refractivity (Wildman–Crippen MR) is 174 cm³/mol. The summed E-state index contributed by atoms with van der Waals surface area (Å²) < 4.78 is 11.0. The monoisotopic (exact) mass is 628 g/mol. The molecule has 3 atom stereocenters. The maximum absolute atomic E-state index is 13.4. The van der Waals surface area contributed by atoms with Gasteiger partial charge in [0.05, 0.1) is 19.0 Å². The number of esters is 1. The van der Waals surface area contributed by atoms with Gasteiger partial charge in [0.1, 0.15) is 6.10 Å². The number of unbranched alkanes of at least 4 members (excludes halogenated alkanes) is 2. The van der Waals surface area contributed by atoms with Crippen LogP contribution >= 0.6 is 0 Å². The first-order chi connectivity index (χ1) is 21.4. The molecule has 1 aromatic rings. The van der Waals surface area contributed by atoms with Gasteiger partial charge in [0, 0.05) is 56.9 Å². The van der Waals surface area contributed by atoms with E-state index in [2.05, 4.69) is 23.3 Å². The van der Waals surface area contributed by atoms with Gasteiger partial charge in [-0.05, 0) is 55.4 Å². The fourth-order valence-corrected chi connectivity index (χ4v) is 6.28. The van der Waals surface area contributed by atoms with Crippen LogP contribution in [0.15, 0.2) is 40.7 Å². The molecule has 0 aromatic heterocycles. The van der Waals surface area contributed by atoms with Crippen LogP contribution in [0, 0.1) is 5.41 Å². The molecule has 0 aliphatic carbocycles. The minimum Gasteiger partial charge on any atom is -0.504 e. The second-order valence-corrected chi connectivity index (χ2v) is 12.4. The first kappa shape index (κ1) is 35.5. The van der Waals surface area contributed by atoms with Gasteiger partial charge in [-0.3, -0.25) is 14.6 Å². The van der Waals surface area contributed by atoms with Gasteiger partial charge in [-0.15, -0.1) is 0 Å². The van der Waals surface area contributed by atoms with Crippen LogP contribution in [0.5, 0.6) is 11.5 Å². The fraction of sp³-hybridized carbons (Fsp3) is 0.606. The van der Waals surface area contributed by atoms with Crippen molar-refractivity contribution in [1.82, 2.24) is 10.2 Å². The number of allylic oxidation sites excluding steroid dienone is 2. The van der Waals surface area contributed by atoms with Crippen LogP contribution < -0.4 is 27.3 Å². The maximum atomic E-state index is 13.4. The van der Waals surface area contributed by atoms with E-state index in [1.54, 1.807) is 11.0 Å². The fourth-order valence-electron chi connectivity index (χ4n) is 6.28. The van der Waals surface area contributed by atoms with Crippen molar-refractivity contribution < 1.29 is 29.3 Å². The molecule has 250 valence electrons. The number of aliphatic hydroxyl groups excluding tert-OH is 1. The molecular weight excluding hydrogens is 576 g/mol. The zero-order chi connectivity index (χ0) is 33.0. The first-order valence-electron chi connectivity index (χ1n) is 15.9. The molecule has 1 saturated heterocycles. The van der Waals surface area contributed by atoms with Crippen LogP contribution in [0.3, 0.4) is 0 Å². The van der Waals surface area contributed by atoms with Crippen molar-refractivity contribution in [3.63, 3.8) is 0 Å². The highest BCUT2D eigenvalue weighted by Gasteiger charge is 2.43. The molecule has 9 N–H and O–H groups in total. The van der Waals surface area contributed by atoms with Crippen LogP contribution in [-0.4, -0.2) is 71.9 Å². The van der Waals surface area contributed by atoms with Crippen molar-refractivity contribution in [2.75, 3.05) is 26.7 Å². The summed E-state index contributed by atoms with van der Waals surface area (Å²) in [5.41, 5.74) is 19.2. The Kier molecular flexibility index (Phi) is 13.4. The van der Waals surface area contributed by atoms with Gasteiger partial charge in [0.15, 0.2) is 17.5 Å². The number of aliphatic hydroxyl groups is 1. The summed E-state index contributed by atoms with van der Waals surface area (Å²) in [6.45, 7) is 5.15. The van der Waals surface area contributed by atoms with Crippen molar-refractivity contribution >= 4 is 17.8 Å². The van der Waals surface area contributed by atoms with Crippen LogP contribution in [-0.2, 0) is 27.3 Å². The number of aliphatic imine (C=N–C) groups is 1. The Balaban J connectivity index is 1.77. The number of phenols is 1. The molecule has 3 rings (SSSR count). The van der Waals surface area contributed by atoms with E-state index in [0.29, 0.717) is 81.7 Å². The van der Waals surface area contributed by atoms with E-state index in [1.807, 2.05) is 12.1 Å². The summed E-state index contributed by atoms with van der Waals surface area (Å²) in [6.07, 6.45) is 9.60. The minimum absolute atomic E-state index is 0.00679. The smallest absolute Gasteiger partial charge is 0.302 e. The lowest BCUT2D eigenvalue weighted by Gasteiger charge is -2.30. The molecule has 2 aliphatic rings. The molecule has 0 spiro atoms.